The van der Waals surface area contributed by atoms with Gasteiger partial charge in [-0.05, 0) is 59.0 Å². The predicted octanol–water partition coefficient (Wildman–Crippen LogP) is 7.50. The SMILES string of the molecule is COc1cc(Cc2cc(Oc3ccc(NC(=O)Nc4cc(C(C)(C)C)cc(N(C)S(C)(=O)=O)c4OC)c4ccccc34)ccn2)ccc1P(C)(=O)O. The molecule has 4 aromatic carbocycles. The minimum atomic E-state index is -3.63. The van der Waals surface area contributed by atoms with E-state index in [9.17, 15) is 22.7 Å². The molecule has 0 radical (unpaired) electrons. The van der Waals surface area contributed by atoms with Crippen molar-refractivity contribution < 1.29 is 36.9 Å². The molecule has 5 aromatic rings. The number of sulfonamides is 1. The Labute approximate surface area is 304 Å². The van der Waals surface area contributed by atoms with E-state index in [1.54, 1.807) is 54.7 Å². The van der Waals surface area contributed by atoms with Gasteiger partial charge in [0, 0.05) is 48.9 Å². The van der Waals surface area contributed by atoms with Crippen LogP contribution in [0.25, 0.3) is 10.8 Å². The summed E-state index contributed by atoms with van der Waals surface area (Å²) < 4.78 is 55.7. The van der Waals surface area contributed by atoms with Crippen LogP contribution in [0.1, 0.15) is 37.6 Å². The zero-order valence-electron chi connectivity index (χ0n) is 30.3. The number of anilines is 3. The van der Waals surface area contributed by atoms with Gasteiger partial charge in [0.1, 0.15) is 17.2 Å². The van der Waals surface area contributed by atoms with Crippen molar-refractivity contribution in [1.82, 2.24) is 4.98 Å². The highest BCUT2D eigenvalue weighted by molar-refractivity contribution is 7.92. The highest BCUT2D eigenvalue weighted by atomic mass is 32.2. The van der Waals surface area contributed by atoms with Gasteiger partial charge >= 0.3 is 6.03 Å². The Kier molecular flexibility index (Phi) is 10.9. The molecule has 52 heavy (non-hydrogen) atoms. The van der Waals surface area contributed by atoms with E-state index in [1.165, 1.54) is 27.9 Å². The molecule has 0 spiro atoms. The van der Waals surface area contributed by atoms with E-state index in [0.29, 0.717) is 46.4 Å². The lowest BCUT2D eigenvalue weighted by Crippen LogP contribution is -2.27. The highest BCUT2D eigenvalue weighted by Gasteiger charge is 2.26. The lowest BCUT2D eigenvalue weighted by atomic mass is 9.86. The average Bonchev–Trinajstić information content (AvgIpc) is 3.07. The number of fused-ring (bicyclic) bond motifs is 1. The number of benzene rings is 4. The number of hydrogen-bond donors (Lipinski definition) is 3. The Hall–Kier alpha value is -5.10. The lowest BCUT2D eigenvalue weighted by Gasteiger charge is -2.27. The van der Waals surface area contributed by atoms with Gasteiger partial charge in [-0.15, -0.1) is 0 Å². The zero-order chi connectivity index (χ0) is 38.0. The molecule has 0 aliphatic rings. The number of amides is 2. The number of ether oxygens (including phenoxy) is 3. The fraction of sp³-hybridized carbons (Fsp3) is 0.263. The topological polar surface area (TPSA) is 156 Å². The maximum Gasteiger partial charge on any atom is 0.323 e. The predicted molar refractivity (Wildman–Crippen MR) is 207 cm³/mol. The summed E-state index contributed by atoms with van der Waals surface area (Å²) in [4.78, 5) is 28.1. The van der Waals surface area contributed by atoms with Crippen molar-refractivity contribution in [3.63, 3.8) is 0 Å². The standard InChI is InChI=1S/C38H43N4O8PS/c1-38(2,3)25-21-31(36(49-6)32(22-25)42(4)52(8,46)47)41-37(43)40-30-14-15-33(29-12-10-9-11-28(29)30)50-27-17-18-39-26(23-27)19-24-13-16-35(51(7,44)45)34(20-24)48-5/h9-18,20-23H,19H2,1-8H3,(H,44,45)(H2,40,41,43). The van der Waals surface area contributed by atoms with E-state index in [1.807, 2.05) is 51.1 Å². The van der Waals surface area contributed by atoms with E-state index in [-0.39, 0.29) is 16.5 Å². The molecule has 0 aliphatic heterocycles. The molecule has 1 atom stereocenters. The lowest BCUT2D eigenvalue weighted by molar-refractivity contribution is 0.262. The van der Waals surface area contributed by atoms with Crippen LogP contribution < -0.4 is 34.5 Å². The summed E-state index contributed by atoms with van der Waals surface area (Å²) in [5, 5.41) is 7.52. The van der Waals surface area contributed by atoms with Crippen LogP contribution in [0.15, 0.2) is 85.1 Å². The van der Waals surface area contributed by atoms with Crippen LogP contribution in [-0.4, -0.2) is 58.5 Å². The summed E-state index contributed by atoms with van der Waals surface area (Å²) in [6.07, 6.45) is 3.18. The third-order valence-electron chi connectivity index (χ3n) is 8.45. The molecule has 5 rings (SSSR count). The largest absolute Gasteiger partial charge is 0.496 e. The van der Waals surface area contributed by atoms with Crippen LogP contribution in [0.5, 0.6) is 23.0 Å². The van der Waals surface area contributed by atoms with Gasteiger partial charge < -0.3 is 29.7 Å². The molecule has 1 heterocycles. The van der Waals surface area contributed by atoms with E-state index >= 15 is 0 Å². The Bertz CT molecular complexity index is 2300. The maximum atomic E-state index is 13.5. The Morgan fingerprint density at radius 3 is 2.23 bits per heavy atom. The minimum Gasteiger partial charge on any atom is -0.496 e. The van der Waals surface area contributed by atoms with E-state index in [4.69, 9.17) is 14.2 Å². The van der Waals surface area contributed by atoms with Crippen molar-refractivity contribution in [3.05, 3.63) is 102 Å². The Balaban J connectivity index is 1.40. The second-order valence-electron chi connectivity index (χ2n) is 13.4. The molecule has 274 valence electrons. The van der Waals surface area contributed by atoms with Crippen LogP contribution in [0.2, 0.25) is 0 Å². The third-order valence-corrected chi connectivity index (χ3v) is 10.9. The normalized spacial score (nSPS) is 12.9. The number of nitrogens with one attached hydrogen (secondary N) is 2. The molecular formula is C38H43N4O8PS. The Morgan fingerprint density at radius 1 is 0.904 bits per heavy atom. The summed E-state index contributed by atoms with van der Waals surface area (Å²) in [6, 6.07) is 22.6. The molecule has 3 N–H and O–H groups in total. The number of aromatic nitrogens is 1. The smallest absolute Gasteiger partial charge is 0.323 e. The molecule has 0 fully saturated rings. The third kappa shape index (κ3) is 8.67. The quantitative estimate of drug-likeness (QED) is 0.117. The first-order valence-corrected chi connectivity index (χ1v) is 20.2. The second-order valence-corrected chi connectivity index (χ2v) is 17.7. The van der Waals surface area contributed by atoms with Gasteiger partial charge in [-0.3, -0.25) is 13.9 Å². The number of methoxy groups -OCH3 is 2. The summed E-state index contributed by atoms with van der Waals surface area (Å²) >= 11 is 0. The first kappa shape index (κ1) is 38.1. The van der Waals surface area contributed by atoms with Crippen LogP contribution in [-0.2, 0) is 26.4 Å². The molecule has 1 aromatic heterocycles. The van der Waals surface area contributed by atoms with Crippen LogP contribution in [0.4, 0.5) is 21.9 Å². The molecule has 1 unspecified atom stereocenters. The first-order chi connectivity index (χ1) is 24.4. The van der Waals surface area contributed by atoms with Crippen molar-refractivity contribution in [2.24, 2.45) is 0 Å². The molecule has 0 aliphatic carbocycles. The number of pyridine rings is 1. The van der Waals surface area contributed by atoms with Crippen molar-refractivity contribution >= 4 is 56.6 Å². The van der Waals surface area contributed by atoms with Gasteiger partial charge in [-0.2, -0.15) is 0 Å². The number of hydrogen-bond acceptors (Lipinski definition) is 8. The first-order valence-electron chi connectivity index (χ1n) is 16.3. The Morgan fingerprint density at radius 2 is 1.60 bits per heavy atom. The summed E-state index contributed by atoms with van der Waals surface area (Å²) in [5.74, 6) is 1.65. The van der Waals surface area contributed by atoms with Crippen LogP contribution in [0, 0.1) is 0 Å². The molecular weight excluding hydrogens is 703 g/mol. The minimum absolute atomic E-state index is 0.203. The second kappa shape index (κ2) is 14.9. The van der Waals surface area contributed by atoms with Gasteiger partial charge in [0.25, 0.3) is 0 Å². The monoisotopic (exact) mass is 746 g/mol. The van der Waals surface area contributed by atoms with E-state index in [0.717, 1.165) is 32.5 Å². The van der Waals surface area contributed by atoms with Crippen LogP contribution in [0.3, 0.4) is 0 Å². The van der Waals surface area contributed by atoms with Gasteiger partial charge in [0.15, 0.2) is 5.75 Å². The summed E-state index contributed by atoms with van der Waals surface area (Å²) in [6.45, 7) is 7.25. The molecule has 14 heteroatoms. The van der Waals surface area contributed by atoms with Crippen molar-refractivity contribution in [2.75, 3.05) is 49.1 Å². The van der Waals surface area contributed by atoms with Gasteiger partial charge in [0.05, 0.1) is 42.8 Å². The van der Waals surface area contributed by atoms with Gasteiger partial charge in [-0.1, -0.05) is 51.1 Å². The molecule has 2 amide bonds. The van der Waals surface area contributed by atoms with Gasteiger partial charge in [0.2, 0.25) is 17.4 Å². The van der Waals surface area contributed by atoms with E-state index < -0.39 is 23.4 Å². The number of carbonyl (C=O) groups is 1. The number of rotatable bonds is 11. The number of nitrogens with zero attached hydrogens (tertiary/aromatic N) is 2. The average molecular weight is 747 g/mol. The number of carbonyl (C=O) groups excluding carboxylic acids is 1. The maximum absolute atomic E-state index is 13.5. The highest BCUT2D eigenvalue weighted by Crippen LogP contribution is 2.42. The summed E-state index contributed by atoms with van der Waals surface area (Å²) in [7, 11) is -2.82. The van der Waals surface area contributed by atoms with Crippen molar-refractivity contribution in [3.8, 4) is 23.0 Å². The zero-order valence-corrected chi connectivity index (χ0v) is 32.1. The van der Waals surface area contributed by atoms with Crippen LogP contribution >= 0.6 is 7.37 Å². The molecule has 0 saturated heterocycles. The molecule has 0 bridgehead atoms. The fourth-order valence-corrected chi connectivity index (χ4v) is 7.05. The summed E-state index contributed by atoms with van der Waals surface area (Å²) in [5.41, 5.74) is 3.12. The number of urea groups is 1. The molecule has 12 nitrogen and oxygen atoms in total. The van der Waals surface area contributed by atoms with Gasteiger partial charge in [-0.25, -0.2) is 13.2 Å². The van der Waals surface area contributed by atoms with E-state index in [2.05, 4.69) is 15.6 Å². The van der Waals surface area contributed by atoms with Crippen molar-refractivity contribution in [1.29, 1.82) is 0 Å². The molecule has 0 saturated carbocycles. The van der Waals surface area contributed by atoms with Crippen molar-refractivity contribution in [2.45, 2.75) is 32.6 Å². The fourth-order valence-electron chi connectivity index (χ4n) is 5.64.